The fraction of sp³-hybridized carbons (Fsp3) is 0.550. The van der Waals surface area contributed by atoms with Crippen LogP contribution in [0.15, 0.2) is 24.3 Å². The highest BCUT2D eigenvalue weighted by atomic mass is 32.2. The molecule has 1 aromatic carbocycles. The molecule has 1 N–H and O–H groups in total. The number of hydrogen-bond donors (Lipinski definition) is 1. The van der Waals surface area contributed by atoms with Crippen LogP contribution in [0.4, 0.5) is 10.8 Å². The highest BCUT2D eigenvalue weighted by Gasteiger charge is 2.22. The maximum Gasteiger partial charge on any atom is 0.246 e. The lowest BCUT2D eigenvalue weighted by atomic mass is 10.1. The first-order chi connectivity index (χ1) is 13.8. The van der Waals surface area contributed by atoms with Crippen molar-refractivity contribution in [1.82, 2.24) is 10.2 Å². The summed E-state index contributed by atoms with van der Waals surface area (Å²) in [5.41, 5.74) is 1.27. The number of para-hydroxylation sites is 1. The summed E-state index contributed by atoms with van der Waals surface area (Å²) in [6.45, 7) is 3.70. The maximum atomic E-state index is 12.4. The van der Waals surface area contributed by atoms with E-state index in [1.165, 1.54) is 43.4 Å². The van der Waals surface area contributed by atoms with Crippen LogP contribution in [0.25, 0.3) is 0 Å². The zero-order valence-electron chi connectivity index (χ0n) is 17.3. The Kier molecular flexibility index (Phi) is 9.03. The second-order valence-corrected chi connectivity index (χ2v) is 10.1. The van der Waals surface area contributed by atoms with Gasteiger partial charge in [-0.05, 0) is 25.0 Å². The van der Waals surface area contributed by atoms with E-state index in [4.69, 9.17) is 0 Å². The SMILES string of the molecule is CCCCCCCCc1nnc(NC(=O)CN(c2ccccc2C)S(C)(=O)=O)s1. The molecule has 9 heteroatoms. The second-order valence-electron chi connectivity index (χ2n) is 7.12. The third kappa shape index (κ3) is 7.74. The highest BCUT2D eigenvalue weighted by molar-refractivity contribution is 7.92. The van der Waals surface area contributed by atoms with Crippen LogP contribution in [0, 0.1) is 6.92 Å². The second kappa shape index (κ2) is 11.3. The minimum Gasteiger partial charge on any atom is -0.299 e. The number of carbonyl (C=O) groups excluding carboxylic acids is 1. The Bertz CT molecular complexity index is 897. The summed E-state index contributed by atoms with van der Waals surface area (Å²) >= 11 is 1.34. The third-order valence-corrected chi connectivity index (χ3v) is 6.55. The Morgan fingerprint density at radius 3 is 2.48 bits per heavy atom. The average Bonchev–Trinajstić information content (AvgIpc) is 3.09. The minimum absolute atomic E-state index is 0.309. The van der Waals surface area contributed by atoms with Gasteiger partial charge < -0.3 is 0 Å². The quantitative estimate of drug-likeness (QED) is 0.503. The van der Waals surface area contributed by atoms with Gasteiger partial charge in [0.05, 0.1) is 11.9 Å². The summed E-state index contributed by atoms with van der Waals surface area (Å²) in [5, 5.41) is 12.1. The Morgan fingerprint density at radius 1 is 1.10 bits per heavy atom. The molecule has 2 rings (SSSR count). The smallest absolute Gasteiger partial charge is 0.246 e. The van der Waals surface area contributed by atoms with Gasteiger partial charge in [0.2, 0.25) is 21.1 Å². The van der Waals surface area contributed by atoms with Gasteiger partial charge in [0.1, 0.15) is 11.6 Å². The molecule has 160 valence electrons. The highest BCUT2D eigenvalue weighted by Crippen LogP contribution is 2.23. The number of benzene rings is 1. The predicted molar refractivity (Wildman–Crippen MR) is 119 cm³/mol. The molecule has 0 unspecified atom stereocenters. The predicted octanol–water partition coefficient (Wildman–Crippen LogP) is 4.15. The molecule has 2 aromatic rings. The number of nitrogens with one attached hydrogen (secondary N) is 1. The molecular weight excluding hydrogens is 408 g/mol. The van der Waals surface area contributed by atoms with Crippen LogP contribution in [0.1, 0.15) is 56.0 Å². The van der Waals surface area contributed by atoms with Crippen LogP contribution in [-0.2, 0) is 21.2 Å². The van der Waals surface area contributed by atoms with Crippen LogP contribution in [-0.4, -0.2) is 37.3 Å². The number of anilines is 2. The van der Waals surface area contributed by atoms with Crippen molar-refractivity contribution in [1.29, 1.82) is 0 Å². The lowest BCUT2D eigenvalue weighted by Crippen LogP contribution is -2.37. The van der Waals surface area contributed by atoms with Crippen molar-refractivity contribution in [2.75, 3.05) is 22.4 Å². The Morgan fingerprint density at radius 2 is 1.79 bits per heavy atom. The molecule has 0 aliphatic carbocycles. The molecule has 1 aromatic heterocycles. The monoisotopic (exact) mass is 438 g/mol. The van der Waals surface area contributed by atoms with Gasteiger partial charge in [-0.2, -0.15) is 0 Å². The first kappa shape index (κ1) is 23.3. The van der Waals surface area contributed by atoms with Gasteiger partial charge in [0.15, 0.2) is 0 Å². The Labute approximate surface area is 177 Å². The molecule has 0 bridgehead atoms. The number of carbonyl (C=O) groups is 1. The minimum atomic E-state index is -3.60. The molecule has 0 spiro atoms. The Hall–Kier alpha value is -2.00. The van der Waals surface area contributed by atoms with Gasteiger partial charge in [0.25, 0.3) is 0 Å². The van der Waals surface area contributed by atoms with Gasteiger partial charge in [-0.3, -0.25) is 14.4 Å². The molecule has 0 saturated heterocycles. The van der Waals surface area contributed by atoms with Crippen molar-refractivity contribution < 1.29 is 13.2 Å². The summed E-state index contributed by atoms with van der Waals surface area (Å²) in [6.07, 6.45) is 9.18. The summed E-state index contributed by atoms with van der Waals surface area (Å²) in [7, 11) is -3.60. The number of sulfonamides is 1. The fourth-order valence-corrected chi connectivity index (χ4v) is 4.69. The maximum absolute atomic E-state index is 12.4. The molecule has 1 heterocycles. The number of amides is 1. The molecule has 1 amide bonds. The van der Waals surface area contributed by atoms with Crippen LogP contribution in [0.2, 0.25) is 0 Å². The first-order valence-electron chi connectivity index (χ1n) is 9.97. The summed E-state index contributed by atoms with van der Waals surface area (Å²) in [6, 6.07) is 7.07. The molecule has 0 radical (unpaired) electrons. The summed E-state index contributed by atoms with van der Waals surface area (Å²) in [4.78, 5) is 12.4. The van der Waals surface area contributed by atoms with E-state index in [2.05, 4.69) is 22.4 Å². The molecule has 0 atom stereocenters. The molecule has 0 aliphatic heterocycles. The largest absolute Gasteiger partial charge is 0.299 e. The molecule has 7 nitrogen and oxygen atoms in total. The fourth-order valence-electron chi connectivity index (χ4n) is 2.98. The van der Waals surface area contributed by atoms with E-state index >= 15 is 0 Å². The lowest BCUT2D eigenvalue weighted by Gasteiger charge is -2.23. The molecular formula is C20H30N4O3S2. The van der Waals surface area contributed by atoms with Gasteiger partial charge in [-0.15, -0.1) is 10.2 Å². The Balaban J connectivity index is 1.91. The lowest BCUT2D eigenvalue weighted by molar-refractivity contribution is -0.114. The van der Waals surface area contributed by atoms with Crippen molar-refractivity contribution in [2.45, 2.75) is 58.8 Å². The number of unbranched alkanes of at least 4 members (excludes halogenated alkanes) is 5. The van der Waals surface area contributed by atoms with Gasteiger partial charge in [-0.25, -0.2) is 8.42 Å². The van der Waals surface area contributed by atoms with Crippen molar-refractivity contribution in [3.05, 3.63) is 34.8 Å². The average molecular weight is 439 g/mol. The standard InChI is InChI=1S/C20H30N4O3S2/c1-4-5-6-7-8-9-14-19-22-23-20(28-19)21-18(25)15-24(29(3,26)27)17-13-11-10-12-16(17)2/h10-13H,4-9,14-15H2,1-3H3,(H,21,23,25). The van der Waals surface area contributed by atoms with Crippen LogP contribution < -0.4 is 9.62 Å². The molecule has 29 heavy (non-hydrogen) atoms. The van der Waals surface area contributed by atoms with E-state index in [9.17, 15) is 13.2 Å². The number of nitrogens with zero attached hydrogens (tertiary/aromatic N) is 3. The zero-order chi connectivity index (χ0) is 21.3. The van der Waals surface area contributed by atoms with Crippen molar-refractivity contribution in [2.24, 2.45) is 0 Å². The van der Waals surface area contributed by atoms with E-state index in [0.717, 1.165) is 34.0 Å². The first-order valence-corrected chi connectivity index (χ1v) is 12.6. The van der Waals surface area contributed by atoms with E-state index in [1.807, 2.05) is 19.1 Å². The number of aromatic nitrogens is 2. The van der Waals surface area contributed by atoms with E-state index in [0.29, 0.717) is 10.8 Å². The third-order valence-electron chi connectivity index (χ3n) is 4.53. The summed E-state index contributed by atoms with van der Waals surface area (Å²) in [5.74, 6) is -0.444. The number of aryl methyl sites for hydroxylation is 2. The topological polar surface area (TPSA) is 92.3 Å². The van der Waals surface area contributed by atoms with Crippen LogP contribution >= 0.6 is 11.3 Å². The normalized spacial score (nSPS) is 11.4. The molecule has 0 aliphatic rings. The van der Waals surface area contributed by atoms with E-state index < -0.39 is 15.9 Å². The van der Waals surface area contributed by atoms with Crippen LogP contribution in [0.5, 0.6) is 0 Å². The molecule has 0 saturated carbocycles. The van der Waals surface area contributed by atoms with Crippen LogP contribution in [0.3, 0.4) is 0 Å². The van der Waals surface area contributed by atoms with Crippen molar-refractivity contribution >= 4 is 38.1 Å². The molecule has 0 fully saturated rings. The summed E-state index contributed by atoms with van der Waals surface area (Å²) < 4.78 is 25.5. The van der Waals surface area contributed by atoms with Gasteiger partial charge in [-0.1, -0.05) is 68.6 Å². The van der Waals surface area contributed by atoms with E-state index in [-0.39, 0.29) is 6.54 Å². The van der Waals surface area contributed by atoms with Gasteiger partial charge in [0, 0.05) is 6.42 Å². The van der Waals surface area contributed by atoms with Gasteiger partial charge >= 0.3 is 0 Å². The van der Waals surface area contributed by atoms with E-state index in [1.54, 1.807) is 12.1 Å². The zero-order valence-corrected chi connectivity index (χ0v) is 19.0. The van der Waals surface area contributed by atoms with Crippen molar-refractivity contribution in [3.8, 4) is 0 Å². The number of rotatable bonds is 12. The number of hydrogen-bond acceptors (Lipinski definition) is 6. The van der Waals surface area contributed by atoms with Crippen molar-refractivity contribution in [3.63, 3.8) is 0 Å².